The van der Waals surface area contributed by atoms with Crippen LogP contribution in [0.1, 0.15) is 33.1 Å². The highest BCUT2D eigenvalue weighted by atomic mass is 14.7. The Bertz CT molecular complexity index is 176. The van der Waals surface area contributed by atoms with Crippen LogP contribution in [0.4, 0.5) is 0 Å². The Labute approximate surface area is 57.0 Å². The molecule has 0 aromatic heterocycles. The fourth-order valence-corrected chi connectivity index (χ4v) is 2.35. The predicted molar refractivity (Wildman–Crippen MR) is 39.2 cm³/mol. The molecule has 0 radical (unpaired) electrons. The van der Waals surface area contributed by atoms with Crippen LogP contribution in [0, 0.1) is 10.8 Å². The lowest BCUT2D eigenvalue weighted by Crippen LogP contribution is -1.98. The number of rotatable bonds is 0. The van der Waals surface area contributed by atoms with E-state index in [9.17, 15) is 0 Å². The van der Waals surface area contributed by atoms with Crippen LogP contribution in [-0.4, -0.2) is 0 Å². The zero-order valence-electron chi connectivity index (χ0n) is 6.33. The van der Waals surface area contributed by atoms with Gasteiger partial charge in [-0.05, 0) is 30.1 Å². The van der Waals surface area contributed by atoms with Gasteiger partial charge in [0.2, 0.25) is 0 Å². The fourth-order valence-electron chi connectivity index (χ4n) is 2.35. The second-order valence-corrected chi connectivity index (χ2v) is 4.17. The van der Waals surface area contributed by atoms with Crippen molar-refractivity contribution in [1.82, 2.24) is 0 Å². The largest absolute Gasteiger partial charge is 0.0993 e. The van der Waals surface area contributed by atoms with Crippen LogP contribution in [0.5, 0.6) is 0 Å². The molecule has 2 saturated carbocycles. The first kappa shape index (κ1) is 5.52. The van der Waals surface area contributed by atoms with Crippen molar-refractivity contribution in [1.29, 1.82) is 0 Å². The molecule has 2 rings (SSSR count). The van der Waals surface area contributed by atoms with E-state index in [2.05, 4.69) is 20.4 Å². The van der Waals surface area contributed by atoms with Gasteiger partial charge in [0, 0.05) is 0 Å². The minimum atomic E-state index is 0.562. The molecule has 2 aliphatic rings. The summed E-state index contributed by atoms with van der Waals surface area (Å²) in [6, 6.07) is 0. The van der Waals surface area contributed by atoms with E-state index in [1.165, 1.54) is 24.8 Å². The molecule has 2 aliphatic carbocycles. The Kier molecular flexibility index (Phi) is 0.685. The van der Waals surface area contributed by atoms with Crippen molar-refractivity contribution in [3.8, 4) is 0 Å². The highest BCUT2D eigenvalue weighted by molar-refractivity contribution is 5.32. The van der Waals surface area contributed by atoms with E-state index in [1.54, 1.807) is 0 Å². The number of hydrogen-bond acceptors (Lipinski definition) is 0. The zero-order chi connectivity index (χ0) is 6.70. The highest BCUT2D eigenvalue weighted by Crippen LogP contribution is 2.74. The van der Waals surface area contributed by atoms with E-state index in [1.807, 2.05) is 0 Å². The Balaban J connectivity index is 2.37. The summed E-state index contributed by atoms with van der Waals surface area (Å²) in [7, 11) is 0. The van der Waals surface area contributed by atoms with Crippen molar-refractivity contribution in [2.45, 2.75) is 33.1 Å². The van der Waals surface area contributed by atoms with Gasteiger partial charge in [0.1, 0.15) is 0 Å². The second kappa shape index (κ2) is 1.12. The number of fused-ring (bicyclic) bond motifs is 1. The van der Waals surface area contributed by atoms with Crippen molar-refractivity contribution < 1.29 is 0 Å². The summed E-state index contributed by atoms with van der Waals surface area (Å²) < 4.78 is 0. The molecule has 0 heterocycles. The SMILES string of the molecule is C=C1CCC2(C)CC12C. The maximum atomic E-state index is 4.09. The van der Waals surface area contributed by atoms with Gasteiger partial charge >= 0.3 is 0 Å². The molecule has 2 fully saturated rings. The summed E-state index contributed by atoms with van der Waals surface area (Å²) in [5, 5.41) is 0. The average molecular weight is 122 g/mol. The monoisotopic (exact) mass is 122 g/mol. The van der Waals surface area contributed by atoms with Gasteiger partial charge in [-0.1, -0.05) is 26.0 Å². The Morgan fingerprint density at radius 1 is 1.44 bits per heavy atom. The lowest BCUT2D eigenvalue weighted by atomic mass is 9.98. The molecule has 0 aromatic carbocycles. The summed E-state index contributed by atoms with van der Waals surface area (Å²) in [5.74, 6) is 0. The topological polar surface area (TPSA) is 0 Å². The van der Waals surface area contributed by atoms with Gasteiger partial charge in [0.25, 0.3) is 0 Å². The average Bonchev–Trinajstić information content (AvgIpc) is 2.26. The quantitative estimate of drug-likeness (QED) is 0.433. The van der Waals surface area contributed by atoms with Crippen molar-refractivity contribution in [3.05, 3.63) is 12.2 Å². The molecule has 0 amide bonds. The van der Waals surface area contributed by atoms with E-state index >= 15 is 0 Å². The minimum absolute atomic E-state index is 0.562. The number of allylic oxidation sites excluding steroid dienone is 1. The first-order valence-corrected chi connectivity index (χ1v) is 3.77. The van der Waals surface area contributed by atoms with Gasteiger partial charge in [0.15, 0.2) is 0 Å². The third kappa shape index (κ3) is 0.417. The molecule has 50 valence electrons. The minimum Gasteiger partial charge on any atom is -0.0993 e. The Hall–Kier alpha value is -0.260. The molecular formula is C9H14. The van der Waals surface area contributed by atoms with Gasteiger partial charge in [-0.15, -0.1) is 0 Å². The van der Waals surface area contributed by atoms with Gasteiger partial charge in [0.05, 0.1) is 0 Å². The molecule has 0 aliphatic heterocycles. The molecule has 0 saturated heterocycles. The summed E-state index contributed by atoms with van der Waals surface area (Å²) in [6.07, 6.45) is 4.08. The maximum Gasteiger partial charge on any atom is -0.00594 e. The van der Waals surface area contributed by atoms with Crippen LogP contribution in [0.25, 0.3) is 0 Å². The summed E-state index contributed by atoms with van der Waals surface area (Å²) in [5.41, 5.74) is 2.74. The van der Waals surface area contributed by atoms with Crippen molar-refractivity contribution in [2.24, 2.45) is 10.8 Å². The Morgan fingerprint density at radius 3 is 2.22 bits per heavy atom. The fraction of sp³-hybridized carbons (Fsp3) is 0.778. The molecule has 0 nitrogen and oxygen atoms in total. The summed E-state index contributed by atoms with van der Waals surface area (Å²) >= 11 is 0. The van der Waals surface area contributed by atoms with Crippen LogP contribution < -0.4 is 0 Å². The molecule has 9 heavy (non-hydrogen) atoms. The van der Waals surface area contributed by atoms with Crippen LogP contribution in [0.2, 0.25) is 0 Å². The molecule has 0 N–H and O–H groups in total. The molecule has 2 unspecified atom stereocenters. The van der Waals surface area contributed by atoms with Crippen molar-refractivity contribution >= 4 is 0 Å². The molecule has 0 bridgehead atoms. The molecule has 0 spiro atoms. The standard InChI is InChI=1S/C9H14/c1-7-4-5-8(2)6-9(7,8)3/h1,4-6H2,2-3H3. The lowest BCUT2D eigenvalue weighted by molar-refractivity contribution is 0.486. The van der Waals surface area contributed by atoms with E-state index in [0.717, 1.165) is 0 Å². The molecule has 2 atom stereocenters. The van der Waals surface area contributed by atoms with E-state index < -0.39 is 0 Å². The molecule has 0 heteroatoms. The van der Waals surface area contributed by atoms with Gasteiger partial charge in [-0.25, -0.2) is 0 Å². The van der Waals surface area contributed by atoms with Crippen LogP contribution >= 0.6 is 0 Å². The van der Waals surface area contributed by atoms with Crippen LogP contribution in [0.3, 0.4) is 0 Å². The molecular weight excluding hydrogens is 108 g/mol. The predicted octanol–water partition coefficient (Wildman–Crippen LogP) is 2.75. The smallest absolute Gasteiger partial charge is 0.00594 e. The zero-order valence-corrected chi connectivity index (χ0v) is 6.33. The normalized spacial score (nSPS) is 55.6. The van der Waals surface area contributed by atoms with Gasteiger partial charge in [-0.3, -0.25) is 0 Å². The van der Waals surface area contributed by atoms with E-state index in [4.69, 9.17) is 0 Å². The van der Waals surface area contributed by atoms with E-state index in [0.29, 0.717) is 10.8 Å². The first-order valence-electron chi connectivity index (χ1n) is 3.77. The van der Waals surface area contributed by atoms with Crippen LogP contribution in [0.15, 0.2) is 12.2 Å². The summed E-state index contributed by atoms with van der Waals surface area (Å²) in [6.45, 7) is 8.85. The first-order chi connectivity index (χ1) is 4.08. The van der Waals surface area contributed by atoms with Gasteiger partial charge in [-0.2, -0.15) is 0 Å². The Morgan fingerprint density at radius 2 is 2.11 bits per heavy atom. The van der Waals surface area contributed by atoms with E-state index in [-0.39, 0.29) is 0 Å². The third-order valence-corrected chi connectivity index (χ3v) is 3.71. The van der Waals surface area contributed by atoms with Crippen LogP contribution in [-0.2, 0) is 0 Å². The maximum absolute atomic E-state index is 4.09. The van der Waals surface area contributed by atoms with Crippen molar-refractivity contribution in [3.63, 3.8) is 0 Å². The molecule has 0 aromatic rings. The summed E-state index contributed by atoms with van der Waals surface area (Å²) in [4.78, 5) is 0. The highest BCUT2D eigenvalue weighted by Gasteiger charge is 2.65. The third-order valence-electron chi connectivity index (χ3n) is 3.71. The van der Waals surface area contributed by atoms with Crippen molar-refractivity contribution in [2.75, 3.05) is 0 Å². The van der Waals surface area contributed by atoms with Gasteiger partial charge < -0.3 is 0 Å². The lowest BCUT2D eigenvalue weighted by Gasteiger charge is -2.06. The second-order valence-electron chi connectivity index (χ2n) is 4.17. The number of hydrogen-bond donors (Lipinski definition) is 0.